The summed E-state index contributed by atoms with van der Waals surface area (Å²) in [5, 5.41) is 35.6. The SMILES string of the molecule is C=CCn1c(SCCOC)nc(-c2ccccc2)c(C)c1=O.COc1ccc2c(c1)CC1(CCNCC1)c1c(OC)nc(SCC#N)nc1-2.COc1ccc2c(c1)CC1(CCNCC1)c1c(OCC#N)nc(SCC#N)nc1-2. The van der Waals surface area contributed by atoms with Crippen molar-refractivity contribution >= 4 is 35.3 Å². The van der Waals surface area contributed by atoms with Crippen LogP contribution in [-0.4, -0.2) is 115 Å². The number of allylic oxidation sites excluding steroid dienone is 1. The van der Waals surface area contributed by atoms with E-state index >= 15 is 0 Å². The number of fused-ring (bicyclic) bond motifs is 8. The fourth-order valence-corrected chi connectivity index (χ4v) is 12.6. The summed E-state index contributed by atoms with van der Waals surface area (Å²) in [4.78, 5) is 36.3. The molecule has 0 amide bonds. The van der Waals surface area contributed by atoms with E-state index in [1.165, 1.54) is 46.4 Å². The molecule has 78 heavy (non-hydrogen) atoms. The number of thioether (sulfide) groups is 3. The van der Waals surface area contributed by atoms with Crippen molar-refractivity contribution in [2.45, 2.75) is 78.3 Å². The molecule has 0 atom stereocenters. The molecule has 2 aliphatic carbocycles. The first-order chi connectivity index (χ1) is 38.1. The lowest BCUT2D eigenvalue weighted by atomic mass is 9.64. The molecule has 2 aliphatic heterocycles. The topological polar surface area (TPSA) is 228 Å². The van der Waals surface area contributed by atoms with Crippen molar-refractivity contribution in [2.24, 2.45) is 0 Å². The first-order valence-corrected chi connectivity index (χ1v) is 28.6. The number of aromatic nitrogens is 6. The van der Waals surface area contributed by atoms with E-state index in [1.807, 2.05) is 61.5 Å². The molecule has 0 radical (unpaired) electrons. The van der Waals surface area contributed by atoms with Gasteiger partial charge in [0.25, 0.3) is 5.56 Å². The van der Waals surface area contributed by atoms with Crippen LogP contribution in [-0.2, 0) is 35.0 Å². The maximum absolute atomic E-state index is 12.6. The van der Waals surface area contributed by atoms with Gasteiger partial charge < -0.3 is 34.3 Å². The molecule has 3 aromatic carbocycles. The van der Waals surface area contributed by atoms with E-state index < -0.39 is 0 Å². The summed E-state index contributed by atoms with van der Waals surface area (Å²) in [7, 11) is 6.70. The number of rotatable bonds is 16. The van der Waals surface area contributed by atoms with Gasteiger partial charge in [-0.3, -0.25) is 9.36 Å². The predicted molar refractivity (Wildman–Crippen MR) is 305 cm³/mol. The Hall–Kier alpha value is -6.96. The van der Waals surface area contributed by atoms with Gasteiger partial charge in [-0.05, 0) is 119 Å². The van der Waals surface area contributed by atoms with Gasteiger partial charge in [0.2, 0.25) is 11.8 Å². The van der Waals surface area contributed by atoms with Gasteiger partial charge in [-0.2, -0.15) is 25.8 Å². The van der Waals surface area contributed by atoms with Crippen LogP contribution in [0.25, 0.3) is 33.8 Å². The Bertz CT molecular complexity index is 3290. The molecule has 20 heteroatoms. The van der Waals surface area contributed by atoms with Crippen LogP contribution in [0.4, 0.5) is 0 Å². The van der Waals surface area contributed by atoms with Crippen molar-refractivity contribution in [3.63, 3.8) is 0 Å². The third-order valence-electron chi connectivity index (χ3n) is 14.3. The summed E-state index contributed by atoms with van der Waals surface area (Å²) < 4.78 is 29.2. The fraction of sp³-hybridized carbons (Fsp3) is 0.397. The molecule has 404 valence electrons. The number of hydrogen-bond donors (Lipinski definition) is 2. The van der Waals surface area contributed by atoms with Crippen LogP contribution in [0.15, 0.2) is 99.6 Å². The van der Waals surface area contributed by atoms with Gasteiger partial charge in [0.1, 0.15) is 17.6 Å². The minimum Gasteiger partial charge on any atom is -0.497 e. The third-order valence-corrected chi connectivity index (χ3v) is 16.7. The highest BCUT2D eigenvalue weighted by atomic mass is 32.2. The van der Waals surface area contributed by atoms with Crippen LogP contribution in [0.2, 0.25) is 0 Å². The average molecular weight is 1110 g/mol. The van der Waals surface area contributed by atoms with Crippen molar-refractivity contribution < 1.29 is 23.7 Å². The summed E-state index contributed by atoms with van der Waals surface area (Å²) in [6, 6.07) is 28.3. The number of hydrogen-bond acceptors (Lipinski definition) is 19. The lowest BCUT2D eigenvalue weighted by molar-refractivity contribution is 0.218. The zero-order chi connectivity index (χ0) is 55.1. The Kier molecular flexibility index (Phi) is 19.9. The monoisotopic (exact) mass is 1110 g/mol. The summed E-state index contributed by atoms with van der Waals surface area (Å²) in [6.45, 7) is 10.3. The Morgan fingerprint density at radius 2 is 1.22 bits per heavy atom. The largest absolute Gasteiger partial charge is 0.497 e. The third kappa shape index (κ3) is 12.6. The van der Waals surface area contributed by atoms with Crippen LogP contribution in [0.5, 0.6) is 23.3 Å². The molecule has 0 saturated carbocycles. The van der Waals surface area contributed by atoms with E-state index in [4.69, 9.17) is 54.4 Å². The Balaban J connectivity index is 0.000000156. The van der Waals surface area contributed by atoms with E-state index in [0.29, 0.717) is 51.7 Å². The van der Waals surface area contributed by atoms with E-state index in [-0.39, 0.29) is 28.7 Å². The van der Waals surface area contributed by atoms with Gasteiger partial charge in [-0.15, -0.1) is 6.58 Å². The first kappa shape index (κ1) is 57.2. The fourth-order valence-electron chi connectivity index (χ4n) is 10.7. The molecule has 6 aromatic rings. The van der Waals surface area contributed by atoms with Crippen LogP contribution in [0, 0.1) is 40.9 Å². The van der Waals surface area contributed by atoms with Crippen LogP contribution >= 0.6 is 35.3 Å². The second-order valence-corrected chi connectivity index (χ2v) is 21.8. The standard InChI is InChI=1S/C21H21N5O2S.C20H22N4O2S.C17H20N2O2S/c1-27-15-2-3-16-14(12-15)13-21(4-8-24-9-5-21)17-18(16)25-20(29-11-7-23)26-19(17)28-10-6-22;1-25-14-3-4-15-13(11-14)12-20(5-8-22-9-6-20)16-17(15)23-19(27-10-7-21)24-18(16)26-2;1-4-10-19-16(20)13(2)15(14-8-6-5-7-9-14)18-17(19)22-12-11-21-3/h2-3,12,24H,4-5,8-11,13H2,1H3;3-4,11,22H,5-6,8-10,12H2,1-2H3;4-9H,1,10-12H2,2-3H3. The summed E-state index contributed by atoms with van der Waals surface area (Å²) >= 11 is 4.14. The number of nitrogens with zero attached hydrogens (tertiary/aromatic N) is 9. The number of piperidine rings is 2. The molecule has 0 bridgehead atoms. The molecule has 4 aliphatic rings. The van der Waals surface area contributed by atoms with Crippen LogP contribution in [0.1, 0.15) is 53.5 Å². The molecular weight excluding hydrogens is 1040 g/mol. The van der Waals surface area contributed by atoms with Gasteiger partial charge in [-0.1, -0.05) is 71.7 Å². The number of ether oxygens (including phenoxy) is 5. The molecular formula is C58H63N11O6S3. The first-order valence-electron chi connectivity index (χ1n) is 25.6. The zero-order valence-electron chi connectivity index (χ0n) is 44.6. The zero-order valence-corrected chi connectivity index (χ0v) is 47.1. The maximum Gasteiger partial charge on any atom is 0.257 e. The summed E-state index contributed by atoms with van der Waals surface area (Å²) in [5.41, 5.74) is 10.6. The molecule has 5 heterocycles. The van der Waals surface area contributed by atoms with Crippen LogP contribution < -0.4 is 35.1 Å². The Labute approximate surface area is 468 Å². The van der Waals surface area contributed by atoms with Crippen molar-refractivity contribution in [3.05, 3.63) is 118 Å². The summed E-state index contributed by atoms with van der Waals surface area (Å²) in [5.74, 6) is 4.11. The number of nitriles is 3. The average Bonchev–Trinajstić information content (AvgIpc) is 3.52. The van der Waals surface area contributed by atoms with Gasteiger partial charge in [0.05, 0.1) is 68.7 Å². The van der Waals surface area contributed by atoms with E-state index in [0.717, 1.165) is 127 Å². The molecule has 17 nitrogen and oxygen atoms in total. The van der Waals surface area contributed by atoms with Crippen molar-refractivity contribution in [1.29, 1.82) is 15.8 Å². The molecule has 0 unspecified atom stereocenters. The highest BCUT2D eigenvalue weighted by molar-refractivity contribution is 7.99. The molecule has 2 spiro atoms. The van der Waals surface area contributed by atoms with Gasteiger partial charge in [0, 0.05) is 63.6 Å². The summed E-state index contributed by atoms with van der Waals surface area (Å²) in [6.07, 6.45) is 7.40. The van der Waals surface area contributed by atoms with Crippen LogP contribution in [0.3, 0.4) is 0 Å². The molecule has 10 rings (SSSR count). The van der Waals surface area contributed by atoms with Crippen molar-refractivity contribution in [3.8, 4) is 75.2 Å². The van der Waals surface area contributed by atoms with E-state index in [2.05, 4.69) is 57.5 Å². The molecule has 2 saturated heterocycles. The van der Waals surface area contributed by atoms with Crippen molar-refractivity contribution in [1.82, 2.24) is 40.1 Å². The van der Waals surface area contributed by atoms with Gasteiger partial charge in [-0.25, -0.2) is 15.0 Å². The number of methoxy groups -OCH3 is 4. The Morgan fingerprint density at radius 3 is 1.71 bits per heavy atom. The second-order valence-electron chi connectivity index (χ2n) is 18.9. The lowest BCUT2D eigenvalue weighted by Gasteiger charge is -2.42. The maximum atomic E-state index is 12.6. The molecule has 2 N–H and O–H groups in total. The van der Waals surface area contributed by atoms with Crippen molar-refractivity contribution in [2.75, 3.05) is 85.1 Å². The molecule has 3 aromatic heterocycles. The normalized spacial score (nSPS) is 14.9. The quantitative estimate of drug-likeness (QED) is 0.0399. The second kappa shape index (κ2) is 27.1. The molecule has 2 fully saturated rings. The minimum atomic E-state index is -0.150. The smallest absolute Gasteiger partial charge is 0.257 e. The van der Waals surface area contributed by atoms with E-state index in [1.54, 1.807) is 39.1 Å². The van der Waals surface area contributed by atoms with Gasteiger partial charge in [0.15, 0.2) is 22.1 Å². The highest BCUT2D eigenvalue weighted by Gasteiger charge is 2.45. The van der Waals surface area contributed by atoms with Gasteiger partial charge >= 0.3 is 0 Å². The highest BCUT2D eigenvalue weighted by Crippen LogP contribution is 2.53. The van der Waals surface area contributed by atoms with E-state index in [9.17, 15) is 4.79 Å². The minimum absolute atomic E-state index is 0.0198. The number of benzene rings is 3. The number of nitrogens with one attached hydrogen (secondary N) is 2. The predicted octanol–water partition coefficient (Wildman–Crippen LogP) is 8.94. The lowest BCUT2D eigenvalue weighted by Crippen LogP contribution is -2.43. The Morgan fingerprint density at radius 1 is 0.679 bits per heavy atom.